The summed E-state index contributed by atoms with van der Waals surface area (Å²) in [6.45, 7) is 7.95. The van der Waals surface area contributed by atoms with Crippen LogP contribution in [-0.2, 0) is 20.4 Å². The maximum atomic E-state index is 13.5. The van der Waals surface area contributed by atoms with E-state index in [0.29, 0.717) is 49.8 Å². The highest BCUT2D eigenvalue weighted by Gasteiger charge is 2.51. The lowest BCUT2D eigenvalue weighted by Gasteiger charge is -2.46. The topological polar surface area (TPSA) is 73.3 Å². The Morgan fingerprint density at radius 1 is 1.16 bits per heavy atom. The van der Waals surface area contributed by atoms with Gasteiger partial charge in [-0.25, -0.2) is 8.42 Å². The van der Waals surface area contributed by atoms with Crippen LogP contribution < -0.4 is 4.90 Å². The van der Waals surface area contributed by atoms with E-state index in [1.54, 1.807) is 18.2 Å². The van der Waals surface area contributed by atoms with E-state index in [9.17, 15) is 26.7 Å². The van der Waals surface area contributed by atoms with Gasteiger partial charge < -0.3 is 14.7 Å². The molecular formula is C26H34F3N3O4S2. The van der Waals surface area contributed by atoms with Crippen molar-refractivity contribution in [1.82, 2.24) is 9.21 Å². The number of rotatable bonds is 6. The molecule has 2 aliphatic heterocycles. The van der Waals surface area contributed by atoms with Crippen molar-refractivity contribution in [3.63, 3.8) is 0 Å². The molecule has 4 rings (SSSR count). The smallest absolute Gasteiger partial charge is 0.376 e. The van der Waals surface area contributed by atoms with Gasteiger partial charge in [-0.05, 0) is 44.5 Å². The van der Waals surface area contributed by atoms with Crippen LogP contribution in [0.3, 0.4) is 0 Å². The first-order valence-electron chi connectivity index (χ1n) is 12.5. The lowest BCUT2D eigenvalue weighted by atomic mass is 9.95. The molecule has 1 N–H and O–H groups in total. The SMILES string of the molecule is CC1(C)CN(CC2CN(S(=O)(=O)C3=CC=CCC3=S)CCN2c2ccc(C(C)(O)C(F)(F)F)cc2)CCO1. The predicted octanol–water partition coefficient (Wildman–Crippen LogP) is 3.60. The zero-order valence-corrected chi connectivity index (χ0v) is 23.4. The third-order valence-corrected chi connectivity index (χ3v) is 9.78. The third kappa shape index (κ3) is 6.00. The Labute approximate surface area is 227 Å². The fraction of sp³-hybridized carbons (Fsp3) is 0.577. The Balaban J connectivity index is 1.61. The largest absolute Gasteiger partial charge is 0.421 e. The molecule has 210 valence electrons. The van der Waals surface area contributed by atoms with Crippen LogP contribution in [0, 0.1) is 0 Å². The van der Waals surface area contributed by atoms with Crippen molar-refractivity contribution < 1.29 is 31.4 Å². The molecule has 2 heterocycles. The molecule has 2 saturated heterocycles. The van der Waals surface area contributed by atoms with E-state index in [-0.39, 0.29) is 35.2 Å². The molecule has 1 aliphatic carbocycles. The summed E-state index contributed by atoms with van der Waals surface area (Å²) >= 11 is 5.34. The minimum Gasteiger partial charge on any atom is -0.376 e. The normalized spacial score (nSPS) is 25.2. The number of benzene rings is 1. The van der Waals surface area contributed by atoms with Crippen molar-refractivity contribution in [2.75, 3.05) is 50.8 Å². The summed E-state index contributed by atoms with van der Waals surface area (Å²) in [6, 6.07) is 5.39. The zero-order valence-electron chi connectivity index (χ0n) is 21.7. The second-order valence-corrected chi connectivity index (χ2v) is 13.2. The molecule has 0 aromatic heterocycles. The number of nitrogens with zero attached hydrogens (tertiary/aromatic N) is 3. The van der Waals surface area contributed by atoms with E-state index in [4.69, 9.17) is 17.0 Å². The second kappa shape index (κ2) is 10.6. The van der Waals surface area contributed by atoms with Crippen molar-refractivity contribution in [3.8, 4) is 0 Å². The molecule has 0 spiro atoms. The molecule has 2 unspecified atom stereocenters. The van der Waals surface area contributed by atoms with Crippen LogP contribution >= 0.6 is 12.2 Å². The molecular weight excluding hydrogens is 539 g/mol. The summed E-state index contributed by atoms with van der Waals surface area (Å²) in [5.74, 6) is 0. The number of sulfonamides is 1. The number of halogens is 3. The van der Waals surface area contributed by atoms with Gasteiger partial charge in [-0.1, -0.05) is 36.5 Å². The standard InChI is InChI=1S/C26H34F3N3O4S2/c1-24(2)18-30(14-15-36-24)16-21-17-31(38(34,35)23-7-5-4-6-22(23)37)12-13-32(21)20-10-8-19(9-11-20)25(3,33)26(27,28)29/h4-5,7-11,21,33H,6,12-18H2,1-3H3. The molecule has 3 aliphatic rings. The average Bonchev–Trinajstić information content (AvgIpc) is 2.83. The molecule has 7 nitrogen and oxygen atoms in total. The van der Waals surface area contributed by atoms with E-state index in [1.165, 1.54) is 22.5 Å². The van der Waals surface area contributed by atoms with Crippen LogP contribution in [0.4, 0.5) is 18.9 Å². The molecule has 1 aromatic rings. The van der Waals surface area contributed by atoms with Crippen LogP contribution in [-0.4, -0.2) is 91.3 Å². The maximum Gasteiger partial charge on any atom is 0.421 e. The van der Waals surface area contributed by atoms with Gasteiger partial charge in [0.15, 0.2) is 5.60 Å². The molecule has 0 saturated carbocycles. The fourth-order valence-corrected chi connectivity index (χ4v) is 7.21. The zero-order chi connectivity index (χ0) is 27.9. The first-order valence-corrected chi connectivity index (χ1v) is 14.4. The van der Waals surface area contributed by atoms with Gasteiger partial charge in [-0.2, -0.15) is 17.5 Å². The van der Waals surface area contributed by atoms with Crippen LogP contribution in [0.15, 0.2) is 47.4 Å². The number of hydrogen-bond acceptors (Lipinski definition) is 7. The van der Waals surface area contributed by atoms with Gasteiger partial charge >= 0.3 is 6.18 Å². The van der Waals surface area contributed by atoms with Gasteiger partial charge in [-0.15, -0.1) is 0 Å². The minimum absolute atomic E-state index is 0.147. The number of anilines is 1. The number of morpholine rings is 1. The Morgan fingerprint density at radius 3 is 2.45 bits per heavy atom. The van der Waals surface area contributed by atoms with Crippen LogP contribution in [0.1, 0.15) is 32.8 Å². The Kier molecular flexibility index (Phi) is 8.15. The van der Waals surface area contributed by atoms with Crippen LogP contribution in [0.5, 0.6) is 0 Å². The van der Waals surface area contributed by atoms with Crippen molar-refractivity contribution in [1.29, 1.82) is 0 Å². The number of piperazine rings is 1. The minimum atomic E-state index is -4.82. The molecule has 0 radical (unpaired) electrons. The molecule has 2 atom stereocenters. The van der Waals surface area contributed by atoms with E-state index in [1.807, 2.05) is 24.8 Å². The summed E-state index contributed by atoms with van der Waals surface area (Å²) in [5, 5.41) is 10.1. The summed E-state index contributed by atoms with van der Waals surface area (Å²) in [4.78, 5) is 4.80. The number of ether oxygens (including phenoxy) is 1. The molecule has 2 fully saturated rings. The van der Waals surface area contributed by atoms with Crippen molar-refractivity contribution in [3.05, 3.63) is 53.0 Å². The third-order valence-electron chi connectivity index (χ3n) is 7.31. The predicted molar refractivity (Wildman–Crippen MR) is 145 cm³/mol. The van der Waals surface area contributed by atoms with Crippen molar-refractivity contribution in [2.24, 2.45) is 0 Å². The van der Waals surface area contributed by atoms with Crippen LogP contribution in [0.25, 0.3) is 0 Å². The van der Waals surface area contributed by atoms with Gasteiger partial charge in [-0.3, -0.25) is 4.90 Å². The highest BCUT2D eigenvalue weighted by molar-refractivity contribution is 7.96. The number of hydrogen-bond donors (Lipinski definition) is 1. The Bertz CT molecular complexity index is 1210. The van der Waals surface area contributed by atoms with E-state index in [2.05, 4.69) is 4.90 Å². The number of aliphatic hydroxyl groups is 1. The Hall–Kier alpha value is -1.83. The summed E-state index contributed by atoms with van der Waals surface area (Å²) in [7, 11) is -3.80. The fourth-order valence-electron chi connectivity index (χ4n) is 5.14. The molecule has 1 aromatic carbocycles. The number of allylic oxidation sites excluding steroid dienone is 4. The van der Waals surface area contributed by atoms with E-state index in [0.717, 1.165) is 6.92 Å². The van der Waals surface area contributed by atoms with Crippen molar-refractivity contribution in [2.45, 2.75) is 50.6 Å². The van der Waals surface area contributed by atoms with Gasteiger partial charge in [0.25, 0.3) is 0 Å². The summed E-state index contributed by atoms with van der Waals surface area (Å²) < 4.78 is 74.4. The summed E-state index contributed by atoms with van der Waals surface area (Å²) in [5.41, 5.74) is -2.92. The Morgan fingerprint density at radius 2 is 1.84 bits per heavy atom. The molecule has 0 bridgehead atoms. The second-order valence-electron chi connectivity index (χ2n) is 10.8. The maximum absolute atomic E-state index is 13.5. The lowest BCUT2D eigenvalue weighted by Crippen LogP contribution is -2.60. The molecule has 38 heavy (non-hydrogen) atoms. The highest BCUT2D eigenvalue weighted by atomic mass is 32.2. The van der Waals surface area contributed by atoms with Crippen LogP contribution in [0.2, 0.25) is 0 Å². The average molecular weight is 574 g/mol. The van der Waals surface area contributed by atoms with E-state index >= 15 is 0 Å². The number of thiocarbonyl (C=S) groups is 1. The molecule has 12 heteroatoms. The first kappa shape index (κ1) is 29.2. The lowest BCUT2D eigenvalue weighted by molar-refractivity contribution is -0.258. The van der Waals surface area contributed by atoms with Gasteiger partial charge in [0.1, 0.15) is 0 Å². The number of alkyl halides is 3. The highest BCUT2D eigenvalue weighted by Crippen LogP contribution is 2.39. The quantitative estimate of drug-likeness (QED) is 0.522. The first-order chi connectivity index (χ1) is 17.6. The van der Waals surface area contributed by atoms with Gasteiger partial charge in [0.2, 0.25) is 10.0 Å². The summed E-state index contributed by atoms with van der Waals surface area (Å²) in [6.07, 6.45) is 0.647. The van der Waals surface area contributed by atoms with Gasteiger partial charge in [0.05, 0.1) is 23.2 Å². The van der Waals surface area contributed by atoms with E-state index < -0.39 is 21.8 Å². The van der Waals surface area contributed by atoms with Crippen molar-refractivity contribution >= 4 is 32.8 Å². The molecule has 0 amide bonds. The van der Waals surface area contributed by atoms with Gasteiger partial charge in [0, 0.05) is 56.2 Å². The monoisotopic (exact) mass is 573 g/mol.